The Morgan fingerprint density at radius 2 is 1.90 bits per heavy atom. The largest absolute Gasteiger partial charge is 0.453 e. The van der Waals surface area contributed by atoms with Crippen LogP contribution in [0.1, 0.15) is 25.7 Å². The molecule has 1 aliphatic heterocycles. The number of rotatable bonds is 6. The number of nitriles is 1. The Balaban J connectivity index is 2.68. The van der Waals surface area contributed by atoms with Crippen LogP contribution in [0, 0.1) is 11.3 Å². The van der Waals surface area contributed by atoms with Crippen molar-refractivity contribution in [3.05, 3.63) is 0 Å². The van der Waals surface area contributed by atoms with Gasteiger partial charge < -0.3 is 4.74 Å². The van der Waals surface area contributed by atoms with E-state index in [0.717, 1.165) is 0 Å². The van der Waals surface area contributed by atoms with E-state index in [9.17, 15) is 30.4 Å². The van der Waals surface area contributed by atoms with Crippen LogP contribution in [0.25, 0.3) is 0 Å². The Kier molecular flexibility index (Phi) is 5.55. The normalized spacial score (nSPS) is 22.0. The Labute approximate surface area is 118 Å². The lowest BCUT2D eigenvalue weighted by molar-refractivity contribution is -0.284. The molecule has 10 heteroatoms. The first kappa shape index (κ1) is 18.1. The Bertz CT molecular complexity index is 491. The van der Waals surface area contributed by atoms with Crippen LogP contribution in [0.2, 0.25) is 0 Å². The highest BCUT2D eigenvalue weighted by Gasteiger charge is 2.57. The summed E-state index contributed by atoms with van der Waals surface area (Å²) in [5, 5.41) is 6.85. The SMILES string of the molecule is N#CC(CCC(F)(F)C(F)(F)F)S(=O)(=O)CC1CCCO1. The van der Waals surface area contributed by atoms with Gasteiger partial charge in [-0.3, -0.25) is 0 Å². The van der Waals surface area contributed by atoms with E-state index in [4.69, 9.17) is 10.00 Å². The predicted molar refractivity (Wildman–Crippen MR) is 62.4 cm³/mol. The van der Waals surface area contributed by atoms with Gasteiger partial charge in [0.2, 0.25) is 0 Å². The first-order valence-corrected chi connectivity index (χ1v) is 7.88. The monoisotopic (exact) mass is 335 g/mol. The highest BCUT2D eigenvalue weighted by atomic mass is 32.2. The van der Waals surface area contributed by atoms with Crippen molar-refractivity contribution in [3.8, 4) is 6.07 Å². The maximum atomic E-state index is 12.8. The molecule has 0 aliphatic carbocycles. The predicted octanol–water partition coefficient (Wildman–Crippen LogP) is 2.45. The van der Waals surface area contributed by atoms with Crippen LogP contribution < -0.4 is 0 Å². The van der Waals surface area contributed by atoms with Crippen molar-refractivity contribution in [1.29, 1.82) is 5.26 Å². The van der Waals surface area contributed by atoms with Gasteiger partial charge in [0.1, 0.15) is 5.25 Å². The van der Waals surface area contributed by atoms with Gasteiger partial charge in [0.25, 0.3) is 0 Å². The molecule has 0 spiro atoms. The van der Waals surface area contributed by atoms with Crippen LogP contribution in [-0.2, 0) is 14.6 Å². The van der Waals surface area contributed by atoms with Crippen LogP contribution >= 0.6 is 0 Å². The number of hydrogen-bond acceptors (Lipinski definition) is 4. The molecule has 0 aromatic heterocycles. The zero-order valence-corrected chi connectivity index (χ0v) is 11.7. The quantitative estimate of drug-likeness (QED) is 0.699. The third-order valence-electron chi connectivity index (χ3n) is 3.15. The number of hydrogen-bond donors (Lipinski definition) is 0. The number of nitrogens with zero attached hydrogens (tertiary/aromatic N) is 1. The molecule has 1 rings (SSSR count). The van der Waals surface area contributed by atoms with Crippen molar-refractivity contribution >= 4 is 9.84 Å². The molecule has 0 aromatic carbocycles. The lowest BCUT2D eigenvalue weighted by Crippen LogP contribution is -2.38. The van der Waals surface area contributed by atoms with Gasteiger partial charge in [0.05, 0.1) is 17.9 Å². The molecule has 0 bridgehead atoms. The molecule has 21 heavy (non-hydrogen) atoms. The molecule has 0 N–H and O–H groups in total. The molecule has 1 heterocycles. The molecule has 1 saturated heterocycles. The number of ether oxygens (including phenoxy) is 1. The van der Waals surface area contributed by atoms with Gasteiger partial charge in [-0.2, -0.15) is 27.2 Å². The molecule has 0 aromatic rings. The third kappa shape index (κ3) is 4.78. The summed E-state index contributed by atoms with van der Waals surface area (Å²) in [5.41, 5.74) is 0. The maximum Gasteiger partial charge on any atom is 0.453 e. The number of sulfone groups is 1. The fourth-order valence-electron chi connectivity index (χ4n) is 1.93. The summed E-state index contributed by atoms with van der Waals surface area (Å²) in [6, 6.07) is 1.30. The first-order chi connectivity index (χ1) is 9.49. The summed E-state index contributed by atoms with van der Waals surface area (Å²) in [4.78, 5) is 0. The molecule has 2 atom stereocenters. The van der Waals surface area contributed by atoms with E-state index < -0.39 is 51.9 Å². The average Bonchev–Trinajstić information content (AvgIpc) is 2.79. The fraction of sp³-hybridized carbons (Fsp3) is 0.909. The van der Waals surface area contributed by atoms with E-state index in [-0.39, 0.29) is 0 Å². The lowest BCUT2D eigenvalue weighted by atomic mass is 10.1. The molecule has 0 amide bonds. The highest BCUT2D eigenvalue weighted by molar-refractivity contribution is 7.92. The smallest absolute Gasteiger partial charge is 0.377 e. The zero-order chi connectivity index (χ0) is 16.3. The van der Waals surface area contributed by atoms with Crippen molar-refractivity contribution in [2.45, 2.75) is 49.1 Å². The van der Waals surface area contributed by atoms with E-state index in [1.807, 2.05) is 0 Å². The molecule has 122 valence electrons. The highest BCUT2D eigenvalue weighted by Crippen LogP contribution is 2.39. The van der Waals surface area contributed by atoms with Crippen molar-refractivity contribution in [1.82, 2.24) is 0 Å². The second-order valence-electron chi connectivity index (χ2n) is 4.82. The Morgan fingerprint density at radius 3 is 2.33 bits per heavy atom. The van der Waals surface area contributed by atoms with Crippen LogP contribution in [0.3, 0.4) is 0 Å². The van der Waals surface area contributed by atoms with Gasteiger partial charge in [0.15, 0.2) is 9.84 Å². The number of halogens is 5. The topological polar surface area (TPSA) is 67.2 Å². The Morgan fingerprint density at radius 1 is 1.29 bits per heavy atom. The molecular weight excluding hydrogens is 321 g/mol. The minimum atomic E-state index is -5.76. The second kappa shape index (κ2) is 6.44. The van der Waals surface area contributed by atoms with Crippen molar-refractivity contribution < 1.29 is 35.1 Å². The lowest BCUT2D eigenvalue weighted by Gasteiger charge is -2.21. The summed E-state index contributed by atoms with van der Waals surface area (Å²) >= 11 is 0. The minimum absolute atomic E-state index is 0.365. The molecule has 0 saturated carbocycles. The van der Waals surface area contributed by atoms with Gasteiger partial charge >= 0.3 is 12.1 Å². The second-order valence-corrected chi connectivity index (χ2v) is 7.05. The summed E-state index contributed by atoms with van der Waals surface area (Å²) in [6.07, 6.45) is -8.10. The molecule has 1 aliphatic rings. The minimum Gasteiger partial charge on any atom is -0.377 e. The summed E-state index contributed by atoms with van der Waals surface area (Å²) in [5.74, 6) is -5.55. The van der Waals surface area contributed by atoms with Crippen LogP contribution in [0.4, 0.5) is 22.0 Å². The molecule has 0 radical (unpaired) electrons. The summed E-state index contributed by atoms with van der Waals surface area (Å²) in [7, 11) is -4.11. The number of alkyl halides is 5. The molecule has 2 unspecified atom stereocenters. The average molecular weight is 335 g/mol. The van der Waals surface area contributed by atoms with E-state index >= 15 is 0 Å². The standard InChI is InChI=1S/C11H14F5NO3S/c12-10(13,11(14,15)16)4-3-9(6-17)21(18,19)7-8-2-1-5-20-8/h8-9H,1-5,7H2. The maximum absolute atomic E-state index is 12.8. The van der Waals surface area contributed by atoms with Crippen LogP contribution in [0.15, 0.2) is 0 Å². The van der Waals surface area contributed by atoms with E-state index in [1.54, 1.807) is 0 Å². The van der Waals surface area contributed by atoms with Gasteiger partial charge in [-0.1, -0.05) is 0 Å². The zero-order valence-electron chi connectivity index (χ0n) is 10.9. The van der Waals surface area contributed by atoms with Gasteiger partial charge in [-0.15, -0.1) is 0 Å². The fourth-order valence-corrected chi connectivity index (χ4v) is 3.58. The first-order valence-electron chi connectivity index (χ1n) is 6.17. The summed E-state index contributed by atoms with van der Waals surface area (Å²) < 4.78 is 90.3. The van der Waals surface area contributed by atoms with Gasteiger partial charge in [-0.05, 0) is 19.3 Å². The van der Waals surface area contributed by atoms with E-state index in [0.29, 0.717) is 19.4 Å². The molecular formula is C11H14F5NO3S. The van der Waals surface area contributed by atoms with Crippen molar-refractivity contribution in [2.75, 3.05) is 12.4 Å². The van der Waals surface area contributed by atoms with E-state index in [2.05, 4.69) is 0 Å². The van der Waals surface area contributed by atoms with Crippen LogP contribution in [0.5, 0.6) is 0 Å². The van der Waals surface area contributed by atoms with Crippen molar-refractivity contribution in [3.63, 3.8) is 0 Å². The van der Waals surface area contributed by atoms with Crippen LogP contribution in [-0.4, -0.2) is 44.2 Å². The molecule has 1 fully saturated rings. The van der Waals surface area contributed by atoms with Gasteiger partial charge in [-0.25, -0.2) is 8.42 Å². The van der Waals surface area contributed by atoms with E-state index in [1.165, 1.54) is 6.07 Å². The Hall–Kier alpha value is -0.950. The van der Waals surface area contributed by atoms with Crippen molar-refractivity contribution in [2.24, 2.45) is 0 Å². The summed E-state index contributed by atoms with van der Waals surface area (Å²) in [6.45, 7) is 0.365. The molecule has 4 nitrogen and oxygen atoms in total. The van der Waals surface area contributed by atoms with Gasteiger partial charge in [0, 0.05) is 13.0 Å². The third-order valence-corrected chi connectivity index (χ3v) is 5.20.